The molecule has 10 heavy (non-hydrogen) atoms. The minimum atomic E-state index is 0.909. The number of hydrogen-bond acceptors (Lipinski definition) is 2. The molecule has 0 radical (unpaired) electrons. The van der Waals surface area contributed by atoms with Crippen molar-refractivity contribution in [2.75, 3.05) is 5.75 Å². The second-order valence-electron chi connectivity index (χ2n) is 2.85. The molecule has 1 heterocycles. The van der Waals surface area contributed by atoms with Crippen molar-refractivity contribution in [1.29, 1.82) is 0 Å². The highest BCUT2D eigenvalue weighted by molar-refractivity contribution is 8.20. The molecule has 1 aliphatic heterocycles. The highest BCUT2D eigenvalue weighted by Crippen LogP contribution is 2.40. The van der Waals surface area contributed by atoms with E-state index in [1.54, 1.807) is 0 Å². The molecule has 1 fully saturated rings. The molecule has 60 valence electrons. The van der Waals surface area contributed by atoms with Crippen LogP contribution in [-0.2, 0) is 0 Å². The summed E-state index contributed by atoms with van der Waals surface area (Å²) in [7, 11) is 0. The van der Waals surface area contributed by atoms with E-state index in [1.807, 2.05) is 0 Å². The summed E-state index contributed by atoms with van der Waals surface area (Å²) in [5.74, 6) is 1.37. The van der Waals surface area contributed by atoms with Gasteiger partial charge in [-0.25, -0.2) is 0 Å². The molecule has 0 bridgehead atoms. The summed E-state index contributed by atoms with van der Waals surface area (Å²) in [4.78, 5) is 0. The Morgan fingerprint density at radius 1 is 1.50 bits per heavy atom. The smallest absolute Gasteiger partial charge is 0.0505 e. The van der Waals surface area contributed by atoms with Gasteiger partial charge in [-0.3, -0.25) is 0 Å². The number of rotatable bonds is 3. The van der Waals surface area contributed by atoms with Crippen LogP contribution < -0.4 is 0 Å². The van der Waals surface area contributed by atoms with Gasteiger partial charge in [0.1, 0.15) is 0 Å². The summed E-state index contributed by atoms with van der Waals surface area (Å²) in [6, 6.07) is 0. The highest BCUT2D eigenvalue weighted by Gasteiger charge is 2.21. The Balaban J connectivity index is 2.06. The third kappa shape index (κ3) is 2.75. The topological polar surface area (TPSA) is 0 Å². The predicted molar refractivity (Wildman–Crippen MR) is 52.8 cm³/mol. The van der Waals surface area contributed by atoms with Crippen LogP contribution in [0.5, 0.6) is 0 Å². The van der Waals surface area contributed by atoms with Crippen molar-refractivity contribution < 1.29 is 0 Å². The standard InChI is InChI=1S/C8H16S2/c1-3-4-5-8-9-6-7(2)10-8/h7-8H,3-6H2,1-2H3. The summed E-state index contributed by atoms with van der Waals surface area (Å²) in [6.45, 7) is 4.61. The van der Waals surface area contributed by atoms with Crippen molar-refractivity contribution in [3.63, 3.8) is 0 Å². The normalized spacial score (nSPS) is 33.0. The van der Waals surface area contributed by atoms with Gasteiger partial charge in [0.2, 0.25) is 0 Å². The van der Waals surface area contributed by atoms with Crippen molar-refractivity contribution >= 4 is 23.5 Å². The van der Waals surface area contributed by atoms with Gasteiger partial charge < -0.3 is 0 Å². The molecule has 2 unspecified atom stereocenters. The molecule has 0 nitrogen and oxygen atoms in total. The fourth-order valence-corrected chi connectivity index (χ4v) is 4.41. The van der Waals surface area contributed by atoms with E-state index >= 15 is 0 Å². The van der Waals surface area contributed by atoms with Gasteiger partial charge in [0.05, 0.1) is 4.58 Å². The Bertz CT molecular complexity index is 93.3. The van der Waals surface area contributed by atoms with Crippen LogP contribution in [0.4, 0.5) is 0 Å². The zero-order chi connectivity index (χ0) is 7.40. The summed E-state index contributed by atoms with van der Waals surface area (Å²) in [6.07, 6.45) is 4.19. The van der Waals surface area contributed by atoms with Gasteiger partial charge in [-0.1, -0.05) is 26.7 Å². The van der Waals surface area contributed by atoms with Crippen LogP contribution in [0.3, 0.4) is 0 Å². The maximum atomic E-state index is 2.34. The van der Waals surface area contributed by atoms with Gasteiger partial charge in [0.25, 0.3) is 0 Å². The zero-order valence-corrected chi connectivity index (χ0v) is 8.43. The van der Waals surface area contributed by atoms with Crippen LogP contribution in [0.25, 0.3) is 0 Å². The molecule has 0 N–H and O–H groups in total. The second-order valence-corrected chi connectivity index (χ2v) is 6.03. The van der Waals surface area contributed by atoms with E-state index in [2.05, 4.69) is 37.4 Å². The van der Waals surface area contributed by atoms with Gasteiger partial charge in [-0.05, 0) is 6.42 Å². The molecule has 0 aliphatic carbocycles. The largest absolute Gasteiger partial charge is 0.146 e. The second kappa shape index (κ2) is 4.55. The molecule has 0 aromatic heterocycles. The van der Waals surface area contributed by atoms with E-state index < -0.39 is 0 Å². The monoisotopic (exact) mass is 176 g/mol. The first kappa shape index (κ1) is 8.79. The molecule has 2 atom stereocenters. The van der Waals surface area contributed by atoms with Gasteiger partial charge in [-0.2, -0.15) is 0 Å². The summed E-state index contributed by atoms with van der Waals surface area (Å²) in [5.41, 5.74) is 0. The van der Waals surface area contributed by atoms with Gasteiger partial charge in [0, 0.05) is 11.0 Å². The molecule has 1 rings (SSSR count). The predicted octanol–water partition coefficient (Wildman–Crippen LogP) is 3.37. The van der Waals surface area contributed by atoms with E-state index in [4.69, 9.17) is 0 Å². The Hall–Kier alpha value is 0.700. The summed E-state index contributed by atoms with van der Waals surface area (Å²) < 4.78 is 0.926. The first-order chi connectivity index (χ1) is 4.83. The number of thioether (sulfide) groups is 2. The van der Waals surface area contributed by atoms with Gasteiger partial charge >= 0.3 is 0 Å². The molecule has 1 saturated heterocycles. The minimum Gasteiger partial charge on any atom is -0.146 e. The molecule has 0 amide bonds. The summed E-state index contributed by atoms with van der Waals surface area (Å²) >= 11 is 4.32. The molecule has 1 aliphatic rings. The van der Waals surface area contributed by atoms with Crippen LogP contribution in [0.15, 0.2) is 0 Å². The van der Waals surface area contributed by atoms with Crippen molar-refractivity contribution in [3.05, 3.63) is 0 Å². The van der Waals surface area contributed by atoms with Crippen molar-refractivity contribution in [2.45, 2.75) is 42.9 Å². The minimum absolute atomic E-state index is 0.909. The third-order valence-corrected chi connectivity index (χ3v) is 5.12. The SMILES string of the molecule is CCCCC1SCC(C)S1. The Morgan fingerprint density at radius 3 is 2.80 bits per heavy atom. The van der Waals surface area contributed by atoms with Crippen molar-refractivity contribution in [1.82, 2.24) is 0 Å². The molecule has 0 saturated carbocycles. The lowest BCUT2D eigenvalue weighted by atomic mass is 10.3. The van der Waals surface area contributed by atoms with Crippen molar-refractivity contribution in [2.24, 2.45) is 0 Å². The van der Waals surface area contributed by atoms with Gasteiger partial charge in [0.15, 0.2) is 0 Å². The highest BCUT2D eigenvalue weighted by atomic mass is 32.2. The maximum absolute atomic E-state index is 2.34. The maximum Gasteiger partial charge on any atom is 0.0505 e. The van der Waals surface area contributed by atoms with E-state index in [-0.39, 0.29) is 0 Å². The molecule has 0 aromatic rings. The van der Waals surface area contributed by atoms with Crippen LogP contribution in [0.1, 0.15) is 33.1 Å². The Kier molecular flexibility index (Phi) is 4.00. The van der Waals surface area contributed by atoms with Crippen LogP contribution >= 0.6 is 23.5 Å². The summed E-state index contributed by atoms with van der Waals surface area (Å²) in [5, 5.41) is 0.909. The Labute approximate surface area is 72.5 Å². The lowest BCUT2D eigenvalue weighted by Gasteiger charge is -2.05. The molecular weight excluding hydrogens is 160 g/mol. The Morgan fingerprint density at radius 2 is 2.30 bits per heavy atom. The molecule has 0 aromatic carbocycles. The first-order valence-corrected chi connectivity index (χ1v) is 6.09. The van der Waals surface area contributed by atoms with Crippen molar-refractivity contribution in [3.8, 4) is 0 Å². The fraction of sp³-hybridized carbons (Fsp3) is 1.00. The average Bonchev–Trinajstić information content (AvgIpc) is 2.31. The molecule has 0 spiro atoms. The average molecular weight is 176 g/mol. The van der Waals surface area contributed by atoms with E-state index in [0.717, 1.165) is 9.83 Å². The fourth-order valence-electron chi connectivity index (χ4n) is 1.10. The first-order valence-electron chi connectivity index (χ1n) is 4.10. The quantitative estimate of drug-likeness (QED) is 0.646. The molecule has 2 heteroatoms. The van der Waals surface area contributed by atoms with Gasteiger partial charge in [-0.15, -0.1) is 23.5 Å². The van der Waals surface area contributed by atoms with Crippen LogP contribution in [0.2, 0.25) is 0 Å². The zero-order valence-electron chi connectivity index (χ0n) is 6.80. The lowest BCUT2D eigenvalue weighted by molar-refractivity contribution is 0.764. The third-order valence-electron chi connectivity index (χ3n) is 1.69. The van der Waals surface area contributed by atoms with Crippen LogP contribution in [0, 0.1) is 0 Å². The van der Waals surface area contributed by atoms with E-state index in [1.165, 1.54) is 25.0 Å². The van der Waals surface area contributed by atoms with Crippen LogP contribution in [-0.4, -0.2) is 15.6 Å². The molecular formula is C8H16S2. The number of unbranched alkanes of at least 4 members (excludes halogenated alkanes) is 1. The van der Waals surface area contributed by atoms with E-state index in [9.17, 15) is 0 Å². The van der Waals surface area contributed by atoms with E-state index in [0.29, 0.717) is 0 Å². The lowest BCUT2D eigenvalue weighted by Crippen LogP contribution is -1.92. The number of hydrogen-bond donors (Lipinski definition) is 0.